The van der Waals surface area contributed by atoms with Gasteiger partial charge in [-0.15, -0.1) is 0 Å². The van der Waals surface area contributed by atoms with E-state index in [-0.39, 0.29) is 6.61 Å². The molecule has 0 aliphatic rings. The van der Waals surface area contributed by atoms with E-state index in [1.54, 1.807) is 0 Å². The van der Waals surface area contributed by atoms with Gasteiger partial charge in [-0.05, 0) is 55.8 Å². The van der Waals surface area contributed by atoms with Crippen LogP contribution in [0.5, 0.6) is 0 Å². The Bertz CT molecular complexity index is 865. The van der Waals surface area contributed by atoms with Crippen molar-refractivity contribution in [1.29, 1.82) is 0 Å². The van der Waals surface area contributed by atoms with Crippen molar-refractivity contribution in [1.82, 2.24) is 0 Å². The summed E-state index contributed by atoms with van der Waals surface area (Å²) < 4.78 is 5.10. The summed E-state index contributed by atoms with van der Waals surface area (Å²) in [6, 6.07) is 24.9. The minimum atomic E-state index is -0.417. The van der Waals surface area contributed by atoms with Crippen LogP contribution in [0.4, 0.5) is 17.1 Å². The van der Waals surface area contributed by atoms with E-state index in [0.717, 1.165) is 22.6 Å². The molecule has 0 fully saturated rings. The Morgan fingerprint density at radius 3 is 1.63 bits per heavy atom. The number of ether oxygens (including phenoxy) is 1. The van der Waals surface area contributed by atoms with Gasteiger partial charge in [0, 0.05) is 23.1 Å². The number of aryl methyl sites for hydroxylation is 2. The molecule has 0 aromatic heterocycles. The lowest BCUT2D eigenvalue weighted by Crippen LogP contribution is -2.10. The fraction of sp³-hybridized carbons (Fsp3) is 0.125. The van der Waals surface area contributed by atoms with Crippen LogP contribution in [0.3, 0.4) is 0 Å². The number of carbonyl (C=O) groups is 1. The molecule has 3 nitrogen and oxygen atoms in total. The number of hydrogen-bond acceptors (Lipinski definition) is 3. The fourth-order valence-electron chi connectivity index (χ4n) is 2.79. The molecule has 0 saturated carbocycles. The Morgan fingerprint density at radius 1 is 0.815 bits per heavy atom. The molecule has 3 aromatic carbocycles. The molecular formula is C24H23NO2. The summed E-state index contributed by atoms with van der Waals surface area (Å²) in [5, 5.41) is 0. The lowest BCUT2D eigenvalue weighted by molar-refractivity contribution is -0.138. The molecular weight excluding hydrogens is 334 g/mol. The average Bonchev–Trinajstić information content (AvgIpc) is 2.70. The predicted octanol–water partition coefficient (Wildman–Crippen LogP) is 6.00. The number of esters is 1. The van der Waals surface area contributed by atoms with Gasteiger partial charge in [0.05, 0.1) is 0 Å². The highest BCUT2D eigenvalue weighted by Crippen LogP contribution is 2.34. The highest BCUT2D eigenvalue weighted by Gasteiger charge is 2.12. The van der Waals surface area contributed by atoms with E-state index < -0.39 is 5.97 Å². The molecule has 0 spiro atoms. The standard InChI is InChI=1S/C24H23NO2/c1-4-24(26)27-17-20-9-15-23(16-10-20)25(21-11-5-18(2)6-12-21)22-13-7-19(3)8-14-22/h4-16H,1,17H2,2-3H3. The summed E-state index contributed by atoms with van der Waals surface area (Å²) in [7, 11) is 0. The highest BCUT2D eigenvalue weighted by atomic mass is 16.5. The maximum absolute atomic E-state index is 11.2. The lowest BCUT2D eigenvalue weighted by atomic mass is 10.1. The number of rotatable bonds is 6. The molecule has 0 heterocycles. The third-order valence-electron chi connectivity index (χ3n) is 4.33. The molecule has 0 aliphatic heterocycles. The Hall–Kier alpha value is -3.33. The Kier molecular flexibility index (Phi) is 5.72. The first-order chi connectivity index (χ1) is 13.1. The maximum Gasteiger partial charge on any atom is 0.330 e. The van der Waals surface area contributed by atoms with E-state index in [9.17, 15) is 4.79 Å². The smallest absolute Gasteiger partial charge is 0.330 e. The molecule has 0 aliphatic carbocycles. The topological polar surface area (TPSA) is 29.5 Å². The average molecular weight is 357 g/mol. The van der Waals surface area contributed by atoms with Crippen LogP contribution in [0.15, 0.2) is 85.5 Å². The van der Waals surface area contributed by atoms with Crippen molar-refractivity contribution in [2.75, 3.05) is 4.90 Å². The van der Waals surface area contributed by atoms with Gasteiger partial charge in [0.1, 0.15) is 6.61 Å². The molecule has 136 valence electrons. The SMILES string of the molecule is C=CC(=O)OCc1ccc(N(c2ccc(C)cc2)c2ccc(C)cc2)cc1. The molecule has 3 aromatic rings. The van der Waals surface area contributed by atoms with E-state index in [2.05, 4.69) is 73.9 Å². The van der Waals surface area contributed by atoms with Crippen LogP contribution in [0.25, 0.3) is 0 Å². The molecule has 0 amide bonds. The van der Waals surface area contributed by atoms with Gasteiger partial charge in [0.15, 0.2) is 0 Å². The molecule has 0 radical (unpaired) electrons. The third-order valence-corrected chi connectivity index (χ3v) is 4.33. The Morgan fingerprint density at radius 2 is 1.22 bits per heavy atom. The Balaban J connectivity index is 1.92. The van der Waals surface area contributed by atoms with Crippen molar-refractivity contribution >= 4 is 23.0 Å². The van der Waals surface area contributed by atoms with Crippen LogP contribution in [-0.4, -0.2) is 5.97 Å². The zero-order valence-corrected chi connectivity index (χ0v) is 15.7. The van der Waals surface area contributed by atoms with Crippen LogP contribution in [-0.2, 0) is 16.1 Å². The van der Waals surface area contributed by atoms with Crippen LogP contribution in [0.2, 0.25) is 0 Å². The van der Waals surface area contributed by atoms with Gasteiger partial charge in [-0.2, -0.15) is 0 Å². The first kappa shape index (κ1) is 18.5. The van der Waals surface area contributed by atoms with E-state index in [0.29, 0.717) is 0 Å². The summed E-state index contributed by atoms with van der Waals surface area (Å²) in [5.74, 6) is -0.417. The number of carbonyl (C=O) groups excluding carboxylic acids is 1. The molecule has 27 heavy (non-hydrogen) atoms. The zero-order chi connectivity index (χ0) is 19.2. The molecule has 0 bridgehead atoms. The quantitative estimate of drug-likeness (QED) is 0.400. The minimum Gasteiger partial charge on any atom is -0.458 e. The van der Waals surface area contributed by atoms with Crippen molar-refractivity contribution in [2.24, 2.45) is 0 Å². The van der Waals surface area contributed by atoms with E-state index in [4.69, 9.17) is 4.74 Å². The molecule has 0 unspecified atom stereocenters. The second-order valence-electron chi connectivity index (χ2n) is 6.48. The van der Waals surface area contributed by atoms with E-state index in [1.165, 1.54) is 17.2 Å². The number of nitrogens with zero attached hydrogens (tertiary/aromatic N) is 1. The van der Waals surface area contributed by atoms with Gasteiger partial charge < -0.3 is 9.64 Å². The van der Waals surface area contributed by atoms with Gasteiger partial charge in [0.2, 0.25) is 0 Å². The molecule has 3 rings (SSSR count). The van der Waals surface area contributed by atoms with Crippen LogP contribution < -0.4 is 4.90 Å². The van der Waals surface area contributed by atoms with Gasteiger partial charge in [-0.1, -0.05) is 54.1 Å². The fourth-order valence-corrected chi connectivity index (χ4v) is 2.79. The van der Waals surface area contributed by atoms with Crippen molar-refractivity contribution < 1.29 is 9.53 Å². The summed E-state index contributed by atoms with van der Waals surface area (Å²) >= 11 is 0. The summed E-state index contributed by atoms with van der Waals surface area (Å²) in [5.41, 5.74) is 6.61. The number of hydrogen-bond donors (Lipinski definition) is 0. The zero-order valence-electron chi connectivity index (χ0n) is 15.7. The predicted molar refractivity (Wildman–Crippen MR) is 111 cm³/mol. The molecule has 0 saturated heterocycles. The maximum atomic E-state index is 11.2. The van der Waals surface area contributed by atoms with Crippen LogP contribution in [0.1, 0.15) is 16.7 Å². The van der Waals surface area contributed by atoms with Gasteiger partial charge in [0.25, 0.3) is 0 Å². The molecule has 0 atom stereocenters. The van der Waals surface area contributed by atoms with Crippen molar-refractivity contribution in [2.45, 2.75) is 20.5 Å². The van der Waals surface area contributed by atoms with Gasteiger partial charge in [-0.3, -0.25) is 0 Å². The van der Waals surface area contributed by atoms with Gasteiger partial charge in [-0.25, -0.2) is 4.79 Å². The van der Waals surface area contributed by atoms with Crippen molar-refractivity contribution in [3.8, 4) is 0 Å². The second-order valence-corrected chi connectivity index (χ2v) is 6.48. The third kappa shape index (κ3) is 4.64. The normalized spacial score (nSPS) is 10.3. The first-order valence-electron chi connectivity index (χ1n) is 8.88. The van der Waals surface area contributed by atoms with Gasteiger partial charge >= 0.3 is 5.97 Å². The monoisotopic (exact) mass is 357 g/mol. The largest absolute Gasteiger partial charge is 0.458 e. The van der Waals surface area contributed by atoms with Crippen LogP contribution in [0, 0.1) is 13.8 Å². The summed E-state index contributed by atoms with van der Waals surface area (Å²) in [6.45, 7) is 7.81. The van der Waals surface area contributed by atoms with E-state index in [1.807, 2.05) is 24.3 Å². The van der Waals surface area contributed by atoms with Crippen molar-refractivity contribution in [3.05, 3.63) is 102 Å². The Labute approximate surface area is 160 Å². The summed E-state index contributed by atoms with van der Waals surface area (Å²) in [4.78, 5) is 13.4. The highest BCUT2D eigenvalue weighted by molar-refractivity contribution is 5.81. The number of benzene rings is 3. The molecule has 3 heteroatoms. The number of anilines is 3. The summed E-state index contributed by atoms with van der Waals surface area (Å²) in [6.07, 6.45) is 1.17. The second kappa shape index (κ2) is 8.37. The molecule has 0 N–H and O–H groups in total. The van der Waals surface area contributed by atoms with E-state index >= 15 is 0 Å². The minimum absolute atomic E-state index is 0.236. The lowest BCUT2D eigenvalue weighted by Gasteiger charge is -2.26. The van der Waals surface area contributed by atoms with Crippen molar-refractivity contribution in [3.63, 3.8) is 0 Å². The van der Waals surface area contributed by atoms with Crippen LogP contribution >= 0.6 is 0 Å². The first-order valence-corrected chi connectivity index (χ1v) is 8.88.